The third kappa shape index (κ3) is 10.0. The van der Waals surface area contributed by atoms with E-state index in [1.807, 2.05) is 0 Å². The molecule has 0 spiro atoms. The maximum absolute atomic E-state index is 11.3. The third-order valence-electron chi connectivity index (χ3n) is 2.18. The van der Waals surface area contributed by atoms with E-state index in [1.54, 1.807) is 7.11 Å². The van der Waals surface area contributed by atoms with Gasteiger partial charge in [0, 0.05) is 20.3 Å². The Hall–Kier alpha value is -1.18. The first kappa shape index (κ1) is 16.8. The Morgan fingerprint density at radius 2 is 2.00 bits per heavy atom. The zero-order chi connectivity index (χ0) is 13.8. The van der Waals surface area contributed by atoms with Crippen molar-refractivity contribution in [2.75, 3.05) is 33.5 Å². The Balaban J connectivity index is 3.37. The summed E-state index contributed by atoms with van der Waals surface area (Å²) in [4.78, 5) is 21.6. The molecule has 7 heteroatoms. The zero-order valence-corrected chi connectivity index (χ0v) is 10.7. The molecule has 0 fully saturated rings. The summed E-state index contributed by atoms with van der Waals surface area (Å²) >= 11 is 0. The van der Waals surface area contributed by atoms with E-state index in [0.29, 0.717) is 26.4 Å². The lowest BCUT2D eigenvalue weighted by Gasteiger charge is -2.10. The van der Waals surface area contributed by atoms with Crippen molar-refractivity contribution in [3.63, 3.8) is 0 Å². The van der Waals surface area contributed by atoms with E-state index in [1.165, 1.54) is 0 Å². The standard InChI is InChI=1S/C11H22N2O5/c1-17-6-7-18-5-3-2-4-13-11(16)9(12)8-10(14)15/h9H,2-8,12H2,1H3,(H,13,16)(H,14,15). The predicted molar refractivity (Wildman–Crippen MR) is 65.2 cm³/mol. The molecule has 106 valence electrons. The van der Waals surface area contributed by atoms with E-state index < -0.39 is 17.9 Å². The number of ether oxygens (including phenoxy) is 2. The van der Waals surface area contributed by atoms with Gasteiger partial charge >= 0.3 is 5.97 Å². The minimum absolute atomic E-state index is 0.355. The molecule has 0 aliphatic heterocycles. The number of hydrogen-bond acceptors (Lipinski definition) is 5. The Bertz CT molecular complexity index is 248. The second kappa shape index (κ2) is 10.9. The van der Waals surface area contributed by atoms with E-state index in [4.69, 9.17) is 20.3 Å². The molecule has 0 saturated carbocycles. The first-order chi connectivity index (χ1) is 8.57. The molecule has 1 unspecified atom stereocenters. The predicted octanol–water partition coefficient (Wildman–Crippen LogP) is -0.652. The normalized spacial score (nSPS) is 12.1. The molecule has 0 rings (SSSR count). The summed E-state index contributed by atoms with van der Waals surface area (Å²) in [6, 6.07) is -0.986. The second-order valence-corrected chi connectivity index (χ2v) is 3.81. The smallest absolute Gasteiger partial charge is 0.305 e. The Morgan fingerprint density at radius 1 is 1.28 bits per heavy atom. The highest BCUT2D eigenvalue weighted by Crippen LogP contribution is 1.91. The second-order valence-electron chi connectivity index (χ2n) is 3.81. The number of carbonyl (C=O) groups excluding carboxylic acids is 1. The van der Waals surface area contributed by atoms with Gasteiger partial charge in [-0.3, -0.25) is 9.59 Å². The van der Waals surface area contributed by atoms with E-state index in [2.05, 4.69) is 5.32 Å². The summed E-state index contributed by atoms with van der Waals surface area (Å²) in [5.74, 6) is -1.51. The first-order valence-electron chi connectivity index (χ1n) is 5.89. The fraction of sp³-hybridized carbons (Fsp3) is 0.818. The fourth-order valence-corrected chi connectivity index (χ4v) is 1.20. The van der Waals surface area contributed by atoms with E-state index in [-0.39, 0.29) is 6.42 Å². The van der Waals surface area contributed by atoms with E-state index in [0.717, 1.165) is 12.8 Å². The van der Waals surface area contributed by atoms with Gasteiger partial charge in [-0.1, -0.05) is 0 Å². The number of rotatable bonds is 11. The Labute approximate surface area is 107 Å². The van der Waals surface area contributed by atoms with Crippen LogP contribution in [-0.2, 0) is 19.1 Å². The maximum atomic E-state index is 11.3. The van der Waals surface area contributed by atoms with Crippen LogP contribution in [0.1, 0.15) is 19.3 Å². The van der Waals surface area contributed by atoms with Crippen LogP contribution in [0.4, 0.5) is 0 Å². The van der Waals surface area contributed by atoms with Gasteiger partial charge in [0.1, 0.15) is 0 Å². The Kier molecular flexibility index (Phi) is 10.2. The van der Waals surface area contributed by atoms with Gasteiger partial charge in [-0.25, -0.2) is 0 Å². The maximum Gasteiger partial charge on any atom is 0.305 e. The highest BCUT2D eigenvalue weighted by Gasteiger charge is 2.15. The molecule has 0 aromatic heterocycles. The molecule has 0 bridgehead atoms. The van der Waals surface area contributed by atoms with Gasteiger partial charge in [-0.15, -0.1) is 0 Å². The molecule has 0 aromatic carbocycles. The van der Waals surface area contributed by atoms with Gasteiger partial charge in [-0.2, -0.15) is 0 Å². The van der Waals surface area contributed by atoms with Crippen LogP contribution in [-0.4, -0.2) is 56.5 Å². The van der Waals surface area contributed by atoms with Crippen LogP contribution in [0.15, 0.2) is 0 Å². The molecule has 1 atom stereocenters. The van der Waals surface area contributed by atoms with Crippen molar-refractivity contribution < 1.29 is 24.2 Å². The lowest BCUT2D eigenvalue weighted by molar-refractivity contribution is -0.139. The first-order valence-corrected chi connectivity index (χ1v) is 5.89. The zero-order valence-electron chi connectivity index (χ0n) is 10.7. The van der Waals surface area contributed by atoms with Crippen molar-refractivity contribution in [2.45, 2.75) is 25.3 Å². The lowest BCUT2D eigenvalue weighted by atomic mass is 10.2. The molecule has 0 aliphatic carbocycles. The highest BCUT2D eigenvalue weighted by atomic mass is 16.5. The molecule has 0 aromatic rings. The van der Waals surface area contributed by atoms with Gasteiger partial charge in [0.25, 0.3) is 0 Å². The van der Waals surface area contributed by atoms with Gasteiger partial charge in [0.15, 0.2) is 0 Å². The summed E-state index contributed by atoms with van der Waals surface area (Å²) < 4.78 is 10.1. The van der Waals surface area contributed by atoms with Gasteiger partial charge in [-0.05, 0) is 12.8 Å². The average Bonchev–Trinajstić information content (AvgIpc) is 2.31. The summed E-state index contributed by atoms with van der Waals surface area (Å²) in [5.41, 5.74) is 5.38. The van der Waals surface area contributed by atoms with E-state index in [9.17, 15) is 9.59 Å². The van der Waals surface area contributed by atoms with Crippen molar-refractivity contribution in [3.05, 3.63) is 0 Å². The van der Waals surface area contributed by atoms with Crippen molar-refractivity contribution in [2.24, 2.45) is 5.73 Å². The highest BCUT2D eigenvalue weighted by molar-refractivity contribution is 5.85. The largest absolute Gasteiger partial charge is 0.481 e. The van der Waals surface area contributed by atoms with Crippen molar-refractivity contribution >= 4 is 11.9 Å². The fourth-order valence-electron chi connectivity index (χ4n) is 1.20. The minimum Gasteiger partial charge on any atom is -0.481 e. The molecule has 1 amide bonds. The van der Waals surface area contributed by atoms with Crippen LogP contribution in [0.2, 0.25) is 0 Å². The summed E-state index contributed by atoms with van der Waals surface area (Å²) in [6.07, 6.45) is 1.22. The van der Waals surface area contributed by atoms with Crippen LogP contribution < -0.4 is 11.1 Å². The molecule has 0 saturated heterocycles. The van der Waals surface area contributed by atoms with Crippen LogP contribution in [0, 0.1) is 0 Å². The molecule has 0 heterocycles. The number of aliphatic carboxylic acids is 1. The van der Waals surface area contributed by atoms with Crippen LogP contribution >= 0.6 is 0 Å². The number of amides is 1. The number of carboxylic acids is 1. The number of nitrogens with one attached hydrogen (secondary N) is 1. The van der Waals surface area contributed by atoms with E-state index >= 15 is 0 Å². The van der Waals surface area contributed by atoms with Crippen molar-refractivity contribution in [1.82, 2.24) is 5.32 Å². The number of nitrogens with two attached hydrogens (primary N) is 1. The summed E-state index contributed by atoms with van der Waals surface area (Å²) in [5, 5.41) is 11.0. The molecule has 18 heavy (non-hydrogen) atoms. The number of carboxylic acid groups (broad SMARTS) is 1. The van der Waals surface area contributed by atoms with Gasteiger partial charge in [0.05, 0.1) is 25.7 Å². The average molecular weight is 262 g/mol. The van der Waals surface area contributed by atoms with Crippen LogP contribution in [0.25, 0.3) is 0 Å². The van der Waals surface area contributed by atoms with Crippen LogP contribution in [0.5, 0.6) is 0 Å². The lowest BCUT2D eigenvalue weighted by Crippen LogP contribution is -2.42. The van der Waals surface area contributed by atoms with Gasteiger partial charge < -0.3 is 25.6 Å². The summed E-state index contributed by atoms with van der Waals surface area (Å²) in [6.45, 7) is 2.22. The number of unbranched alkanes of at least 4 members (excludes halogenated alkanes) is 1. The molecule has 7 nitrogen and oxygen atoms in total. The van der Waals surface area contributed by atoms with Gasteiger partial charge in [0.2, 0.25) is 5.91 Å². The molecular weight excluding hydrogens is 240 g/mol. The topological polar surface area (TPSA) is 111 Å². The Morgan fingerprint density at radius 3 is 2.61 bits per heavy atom. The molecule has 4 N–H and O–H groups in total. The summed E-state index contributed by atoms with van der Waals surface area (Å²) in [7, 11) is 1.61. The third-order valence-corrected chi connectivity index (χ3v) is 2.18. The quantitative estimate of drug-likeness (QED) is 0.427. The SMILES string of the molecule is COCCOCCCCNC(=O)C(N)CC(=O)O. The van der Waals surface area contributed by atoms with Crippen molar-refractivity contribution in [3.8, 4) is 0 Å². The minimum atomic E-state index is -1.08. The van der Waals surface area contributed by atoms with Crippen LogP contribution in [0.3, 0.4) is 0 Å². The number of methoxy groups -OCH3 is 1. The monoisotopic (exact) mass is 262 g/mol. The van der Waals surface area contributed by atoms with Crippen molar-refractivity contribution in [1.29, 1.82) is 0 Å². The molecular formula is C11H22N2O5. The molecule has 0 aliphatic rings. The number of hydrogen-bond donors (Lipinski definition) is 3. The number of carbonyl (C=O) groups is 2. The molecule has 0 radical (unpaired) electrons.